The van der Waals surface area contributed by atoms with Gasteiger partial charge in [0.2, 0.25) is 0 Å². The lowest BCUT2D eigenvalue weighted by Gasteiger charge is -2.18. The van der Waals surface area contributed by atoms with Crippen molar-refractivity contribution < 1.29 is 24.5 Å². The molecule has 25 heavy (non-hydrogen) atoms. The molecule has 0 amide bonds. The number of ether oxygens (including phenoxy) is 1. The van der Waals surface area contributed by atoms with E-state index < -0.39 is 18.0 Å². The molecule has 0 aliphatic heterocycles. The molecule has 1 unspecified atom stereocenters. The average molecular weight is 354 g/mol. The van der Waals surface area contributed by atoms with E-state index in [9.17, 15) is 9.59 Å². The predicted molar refractivity (Wildman–Crippen MR) is 99.8 cm³/mol. The summed E-state index contributed by atoms with van der Waals surface area (Å²) in [6, 6.07) is 0. The Balaban J connectivity index is 3.95. The van der Waals surface area contributed by atoms with E-state index in [1.54, 1.807) is 0 Å². The van der Waals surface area contributed by atoms with Crippen molar-refractivity contribution in [3.63, 3.8) is 0 Å². The summed E-state index contributed by atoms with van der Waals surface area (Å²) < 4.78 is 5.41. The maximum Gasteiger partial charge on any atom is 0.333 e. The summed E-state index contributed by atoms with van der Waals surface area (Å²) in [7, 11) is 0. The number of rotatable bonds is 17. The summed E-state index contributed by atoms with van der Waals surface area (Å²) in [5, 5.41) is 17.9. The van der Waals surface area contributed by atoms with Crippen LogP contribution in [0.5, 0.6) is 0 Å². The molecule has 2 N–H and O–H groups in total. The monoisotopic (exact) mass is 354 g/mol. The van der Waals surface area contributed by atoms with Gasteiger partial charge in [0, 0.05) is 0 Å². The first-order valence-corrected chi connectivity index (χ1v) is 9.34. The molecule has 5 heteroatoms. The second-order valence-electron chi connectivity index (χ2n) is 6.51. The summed E-state index contributed by atoms with van der Waals surface area (Å²) in [6.45, 7) is 8.95. The van der Waals surface area contributed by atoms with E-state index in [0.29, 0.717) is 6.42 Å². The van der Waals surface area contributed by atoms with Gasteiger partial charge in [-0.25, -0.2) is 9.59 Å². The normalized spacial score (nSPS) is 11.9. The standard InChI is InChI=1S/C20H34O5/c1-4-5-6-7-8-9-10-11-12-13-14-18(17(3)20(23)24)25-15-16(2)19(21)22/h18H,2-15H2,1H3,(H,21,22)(H,23,24). The molecule has 5 nitrogen and oxygen atoms in total. The van der Waals surface area contributed by atoms with Gasteiger partial charge >= 0.3 is 11.9 Å². The van der Waals surface area contributed by atoms with Gasteiger partial charge in [-0.15, -0.1) is 0 Å². The van der Waals surface area contributed by atoms with Crippen molar-refractivity contribution in [2.45, 2.75) is 83.7 Å². The molecular formula is C20H34O5. The molecule has 0 spiro atoms. The zero-order chi connectivity index (χ0) is 19.1. The van der Waals surface area contributed by atoms with Crippen LogP contribution in [0.3, 0.4) is 0 Å². The Morgan fingerprint density at radius 2 is 1.32 bits per heavy atom. The highest BCUT2D eigenvalue weighted by atomic mass is 16.5. The quantitative estimate of drug-likeness (QED) is 0.285. The van der Waals surface area contributed by atoms with E-state index in [2.05, 4.69) is 20.1 Å². The third-order valence-electron chi connectivity index (χ3n) is 4.24. The molecule has 0 fully saturated rings. The third kappa shape index (κ3) is 12.4. The van der Waals surface area contributed by atoms with Crippen LogP contribution in [0.15, 0.2) is 24.3 Å². The molecule has 0 aliphatic rings. The molecule has 0 aliphatic carbocycles. The Morgan fingerprint density at radius 3 is 1.76 bits per heavy atom. The van der Waals surface area contributed by atoms with Crippen molar-refractivity contribution in [2.24, 2.45) is 0 Å². The SMILES string of the molecule is C=C(COC(CCCCCCCCCCCC)C(=C)C(=O)O)C(=O)O. The molecule has 144 valence electrons. The molecule has 0 rings (SSSR count). The molecule has 0 bridgehead atoms. The molecule has 0 heterocycles. The van der Waals surface area contributed by atoms with Crippen LogP contribution < -0.4 is 0 Å². The lowest BCUT2D eigenvalue weighted by Crippen LogP contribution is -2.23. The largest absolute Gasteiger partial charge is 0.478 e. The minimum Gasteiger partial charge on any atom is -0.478 e. The van der Waals surface area contributed by atoms with E-state index >= 15 is 0 Å². The highest BCUT2D eigenvalue weighted by Gasteiger charge is 2.20. The number of hydrogen-bond donors (Lipinski definition) is 2. The number of aliphatic carboxylic acids is 2. The average Bonchev–Trinajstić information content (AvgIpc) is 2.57. The first kappa shape index (κ1) is 23.4. The summed E-state index contributed by atoms with van der Waals surface area (Å²) in [5.41, 5.74) is -0.125. The van der Waals surface area contributed by atoms with Gasteiger partial charge in [-0.3, -0.25) is 0 Å². The fourth-order valence-corrected chi connectivity index (χ4v) is 2.58. The van der Waals surface area contributed by atoms with Gasteiger partial charge in [-0.2, -0.15) is 0 Å². The van der Waals surface area contributed by atoms with Gasteiger partial charge in [0.1, 0.15) is 0 Å². The van der Waals surface area contributed by atoms with Crippen LogP contribution in [0.25, 0.3) is 0 Å². The predicted octanol–water partition coefficient (Wildman–Crippen LogP) is 4.96. The maximum absolute atomic E-state index is 11.1. The first-order chi connectivity index (χ1) is 11.9. The number of unbranched alkanes of at least 4 members (excludes halogenated alkanes) is 9. The number of carboxylic acid groups (broad SMARTS) is 2. The van der Waals surface area contributed by atoms with Gasteiger partial charge in [0.05, 0.1) is 23.9 Å². The second kappa shape index (κ2) is 14.7. The second-order valence-corrected chi connectivity index (χ2v) is 6.51. The van der Waals surface area contributed by atoms with Crippen molar-refractivity contribution in [3.05, 3.63) is 24.3 Å². The zero-order valence-electron chi connectivity index (χ0n) is 15.6. The minimum absolute atomic E-state index is 0.0332. The van der Waals surface area contributed by atoms with Gasteiger partial charge in [0.15, 0.2) is 0 Å². The van der Waals surface area contributed by atoms with Gasteiger partial charge < -0.3 is 14.9 Å². The molecule has 0 radical (unpaired) electrons. The van der Waals surface area contributed by atoms with Crippen molar-refractivity contribution in [1.29, 1.82) is 0 Å². The summed E-state index contributed by atoms with van der Waals surface area (Å²) in [6.07, 6.45) is 11.8. The van der Waals surface area contributed by atoms with Crippen LogP contribution in [0.1, 0.15) is 77.6 Å². The Kier molecular flexibility index (Phi) is 13.7. The third-order valence-corrected chi connectivity index (χ3v) is 4.24. The van der Waals surface area contributed by atoms with E-state index in [1.807, 2.05) is 0 Å². The van der Waals surface area contributed by atoms with Gasteiger partial charge in [0.25, 0.3) is 0 Å². The number of carboxylic acids is 2. The summed E-state index contributed by atoms with van der Waals surface area (Å²) in [4.78, 5) is 21.8. The topological polar surface area (TPSA) is 83.8 Å². The van der Waals surface area contributed by atoms with Crippen LogP contribution in [0.4, 0.5) is 0 Å². The first-order valence-electron chi connectivity index (χ1n) is 9.34. The van der Waals surface area contributed by atoms with Crippen molar-refractivity contribution >= 4 is 11.9 Å². The molecular weight excluding hydrogens is 320 g/mol. The molecule has 0 saturated heterocycles. The van der Waals surface area contributed by atoms with E-state index in [1.165, 1.54) is 44.9 Å². The van der Waals surface area contributed by atoms with Crippen LogP contribution in [0.2, 0.25) is 0 Å². The Hall–Kier alpha value is -1.62. The fraction of sp³-hybridized carbons (Fsp3) is 0.700. The van der Waals surface area contributed by atoms with Crippen LogP contribution in [0, 0.1) is 0 Å². The lowest BCUT2D eigenvalue weighted by molar-refractivity contribution is -0.134. The van der Waals surface area contributed by atoms with Gasteiger partial charge in [-0.05, 0) is 6.42 Å². The van der Waals surface area contributed by atoms with Crippen LogP contribution >= 0.6 is 0 Å². The molecule has 1 atom stereocenters. The Labute approximate surface area is 151 Å². The van der Waals surface area contributed by atoms with Crippen molar-refractivity contribution in [3.8, 4) is 0 Å². The lowest BCUT2D eigenvalue weighted by atomic mass is 10.0. The van der Waals surface area contributed by atoms with E-state index in [-0.39, 0.29) is 17.8 Å². The molecule has 0 aromatic rings. The number of carbonyl (C=O) groups is 2. The number of hydrogen-bond acceptors (Lipinski definition) is 3. The van der Waals surface area contributed by atoms with E-state index in [4.69, 9.17) is 14.9 Å². The molecule has 0 saturated carbocycles. The van der Waals surface area contributed by atoms with Crippen molar-refractivity contribution in [2.75, 3.05) is 6.61 Å². The minimum atomic E-state index is -1.14. The summed E-state index contributed by atoms with van der Waals surface area (Å²) >= 11 is 0. The van der Waals surface area contributed by atoms with Crippen LogP contribution in [-0.2, 0) is 14.3 Å². The highest BCUT2D eigenvalue weighted by molar-refractivity contribution is 5.87. The van der Waals surface area contributed by atoms with Gasteiger partial charge in [-0.1, -0.05) is 84.3 Å². The van der Waals surface area contributed by atoms with E-state index in [0.717, 1.165) is 19.3 Å². The zero-order valence-corrected chi connectivity index (χ0v) is 15.6. The molecule has 0 aromatic carbocycles. The smallest absolute Gasteiger partial charge is 0.333 e. The highest BCUT2D eigenvalue weighted by Crippen LogP contribution is 2.17. The van der Waals surface area contributed by atoms with Crippen molar-refractivity contribution in [1.82, 2.24) is 0 Å². The summed E-state index contributed by atoms with van der Waals surface area (Å²) in [5.74, 6) is -2.25. The fourth-order valence-electron chi connectivity index (χ4n) is 2.58. The Bertz CT molecular complexity index is 428. The Morgan fingerprint density at radius 1 is 0.840 bits per heavy atom. The maximum atomic E-state index is 11.1. The molecule has 0 aromatic heterocycles. The van der Waals surface area contributed by atoms with Crippen LogP contribution in [-0.4, -0.2) is 34.9 Å².